The number of carbonyl (C=O) groups excluding carboxylic acids is 1. The van der Waals surface area contributed by atoms with Gasteiger partial charge in [-0.25, -0.2) is 0 Å². The van der Waals surface area contributed by atoms with Crippen LogP contribution in [0.5, 0.6) is 0 Å². The summed E-state index contributed by atoms with van der Waals surface area (Å²) in [6.07, 6.45) is 8.30. The van der Waals surface area contributed by atoms with Crippen LogP contribution in [0.4, 0.5) is 0 Å². The number of methoxy groups -OCH3 is 1. The summed E-state index contributed by atoms with van der Waals surface area (Å²) in [6.45, 7) is 4.07. The molecule has 3 atom stereocenters. The standard InChI is InChI=1S/C20H35N5O4/c1-28-15-16-13-25(23-22-16)12-7-17-5-6-18(19(14-26)29-17)21-20(27)8-11-24-9-3-2-4-10-24/h13,17-19,26H,2-12,14-15H2,1H3,(H,21,27)/t17-,18-,19-/m1/s1. The van der Waals surface area contributed by atoms with Crippen molar-refractivity contribution in [2.24, 2.45) is 0 Å². The number of rotatable bonds is 10. The van der Waals surface area contributed by atoms with E-state index in [0.29, 0.717) is 19.6 Å². The van der Waals surface area contributed by atoms with Crippen LogP contribution in [0.25, 0.3) is 0 Å². The van der Waals surface area contributed by atoms with Gasteiger partial charge in [-0.3, -0.25) is 9.48 Å². The van der Waals surface area contributed by atoms with Crippen molar-refractivity contribution in [2.45, 2.75) is 76.3 Å². The number of aryl methyl sites for hydroxylation is 1. The third kappa shape index (κ3) is 7.02. The summed E-state index contributed by atoms with van der Waals surface area (Å²) < 4.78 is 12.9. The molecule has 1 aromatic rings. The van der Waals surface area contributed by atoms with Crippen molar-refractivity contribution in [3.8, 4) is 0 Å². The maximum Gasteiger partial charge on any atom is 0.221 e. The lowest BCUT2D eigenvalue weighted by Gasteiger charge is -2.36. The first-order valence-corrected chi connectivity index (χ1v) is 10.8. The minimum atomic E-state index is -0.354. The highest BCUT2D eigenvalue weighted by Gasteiger charge is 2.31. The highest BCUT2D eigenvalue weighted by Crippen LogP contribution is 2.22. The summed E-state index contributed by atoms with van der Waals surface area (Å²) in [5, 5.41) is 21.0. The Morgan fingerprint density at radius 2 is 2.14 bits per heavy atom. The summed E-state index contributed by atoms with van der Waals surface area (Å²) in [5.41, 5.74) is 0.803. The molecule has 0 aliphatic carbocycles. The lowest BCUT2D eigenvalue weighted by molar-refractivity contribution is -0.129. The van der Waals surface area contributed by atoms with Crippen LogP contribution in [-0.4, -0.2) is 82.5 Å². The van der Waals surface area contributed by atoms with Gasteiger partial charge in [-0.15, -0.1) is 5.10 Å². The number of aliphatic hydroxyl groups is 1. The average Bonchev–Trinajstić information content (AvgIpc) is 3.20. The van der Waals surface area contributed by atoms with Crippen molar-refractivity contribution in [1.82, 2.24) is 25.2 Å². The second-order valence-electron chi connectivity index (χ2n) is 8.08. The number of piperidine rings is 1. The second kappa shape index (κ2) is 11.6. The van der Waals surface area contributed by atoms with Gasteiger partial charge < -0.3 is 24.8 Å². The van der Waals surface area contributed by atoms with Crippen molar-refractivity contribution in [3.05, 3.63) is 11.9 Å². The van der Waals surface area contributed by atoms with E-state index in [-0.39, 0.29) is 30.8 Å². The van der Waals surface area contributed by atoms with Crippen LogP contribution in [0.2, 0.25) is 0 Å². The van der Waals surface area contributed by atoms with Crippen LogP contribution in [0, 0.1) is 0 Å². The number of ether oxygens (including phenoxy) is 2. The van der Waals surface area contributed by atoms with E-state index in [1.165, 1.54) is 19.3 Å². The number of aromatic nitrogens is 3. The van der Waals surface area contributed by atoms with Gasteiger partial charge in [0.25, 0.3) is 0 Å². The Morgan fingerprint density at radius 3 is 2.90 bits per heavy atom. The largest absolute Gasteiger partial charge is 0.394 e. The Hall–Kier alpha value is -1.55. The molecular weight excluding hydrogens is 374 g/mol. The molecule has 164 valence electrons. The Kier molecular flexibility index (Phi) is 8.85. The SMILES string of the molecule is COCc1cn(CC[C@H]2CC[C@@H](NC(=O)CCN3CCCCC3)[C@@H](CO)O2)nn1. The molecule has 2 aliphatic rings. The van der Waals surface area contributed by atoms with E-state index in [0.717, 1.165) is 44.6 Å². The van der Waals surface area contributed by atoms with Gasteiger partial charge in [0.05, 0.1) is 31.6 Å². The number of aliphatic hydroxyl groups excluding tert-OH is 1. The fourth-order valence-corrected chi connectivity index (χ4v) is 4.17. The molecule has 29 heavy (non-hydrogen) atoms. The van der Waals surface area contributed by atoms with Crippen LogP contribution in [0.1, 0.15) is 50.6 Å². The highest BCUT2D eigenvalue weighted by molar-refractivity contribution is 5.76. The lowest BCUT2D eigenvalue weighted by Crippen LogP contribution is -2.51. The summed E-state index contributed by atoms with van der Waals surface area (Å²) in [5.74, 6) is 0.0503. The second-order valence-corrected chi connectivity index (χ2v) is 8.08. The maximum atomic E-state index is 12.4. The molecule has 0 aromatic carbocycles. The number of nitrogens with zero attached hydrogens (tertiary/aromatic N) is 4. The molecule has 0 unspecified atom stereocenters. The van der Waals surface area contributed by atoms with E-state index in [4.69, 9.17) is 9.47 Å². The normalized spacial score (nSPS) is 25.8. The molecular formula is C20H35N5O4. The molecule has 9 nitrogen and oxygen atoms in total. The molecule has 2 aliphatic heterocycles. The predicted molar refractivity (Wildman–Crippen MR) is 107 cm³/mol. The smallest absolute Gasteiger partial charge is 0.221 e. The first kappa shape index (κ1) is 22.1. The first-order chi connectivity index (χ1) is 14.2. The number of likely N-dealkylation sites (tertiary alicyclic amines) is 1. The van der Waals surface area contributed by atoms with Crippen molar-refractivity contribution in [1.29, 1.82) is 0 Å². The molecule has 0 bridgehead atoms. The summed E-state index contributed by atoms with van der Waals surface area (Å²) in [6, 6.07) is -0.121. The summed E-state index contributed by atoms with van der Waals surface area (Å²) in [4.78, 5) is 14.7. The first-order valence-electron chi connectivity index (χ1n) is 10.8. The van der Waals surface area contributed by atoms with E-state index >= 15 is 0 Å². The molecule has 0 saturated carbocycles. The van der Waals surface area contributed by atoms with Crippen LogP contribution >= 0.6 is 0 Å². The van der Waals surface area contributed by atoms with Crippen molar-refractivity contribution < 1.29 is 19.4 Å². The van der Waals surface area contributed by atoms with E-state index < -0.39 is 0 Å². The Morgan fingerprint density at radius 1 is 1.31 bits per heavy atom. The molecule has 2 N–H and O–H groups in total. The van der Waals surface area contributed by atoms with E-state index in [2.05, 4.69) is 20.5 Å². The average molecular weight is 410 g/mol. The van der Waals surface area contributed by atoms with Crippen LogP contribution < -0.4 is 5.32 Å². The van der Waals surface area contributed by atoms with E-state index in [1.54, 1.807) is 11.8 Å². The maximum absolute atomic E-state index is 12.4. The third-order valence-corrected chi connectivity index (χ3v) is 5.80. The van der Waals surface area contributed by atoms with Crippen molar-refractivity contribution in [3.63, 3.8) is 0 Å². The molecule has 3 heterocycles. The molecule has 2 saturated heterocycles. The zero-order valence-corrected chi connectivity index (χ0v) is 17.5. The number of amides is 1. The predicted octanol–water partition coefficient (Wildman–Crippen LogP) is 0.715. The molecule has 2 fully saturated rings. The van der Waals surface area contributed by atoms with Crippen LogP contribution in [-0.2, 0) is 27.4 Å². The van der Waals surface area contributed by atoms with Gasteiger partial charge in [0.2, 0.25) is 5.91 Å². The summed E-state index contributed by atoms with van der Waals surface area (Å²) >= 11 is 0. The topological polar surface area (TPSA) is 102 Å². The van der Waals surface area contributed by atoms with Crippen LogP contribution in [0.15, 0.2) is 6.20 Å². The van der Waals surface area contributed by atoms with Gasteiger partial charge in [-0.05, 0) is 45.2 Å². The monoisotopic (exact) mass is 409 g/mol. The van der Waals surface area contributed by atoms with Crippen molar-refractivity contribution >= 4 is 5.91 Å². The molecule has 3 rings (SSSR count). The molecule has 0 radical (unpaired) electrons. The number of carbonyl (C=O) groups is 1. The number of hydrogen-bond donors (Lipinski definition) is 2. The number of hydrogen-bond acceptors (Lipinski definition) is 7. The zero-order chi connectivity index (χ0) is 20.5. The van der Waals surface area contributed by atoms with Crippen molar-refractivity contribution in [2.75, 3.05) is 33.4 Å². The van der Waals surface area contributed by atoms with E-state index in [1.807, 2.05) is 6.20 Å². The van der Waals surface area contributed by atoms with Gasteiger partial charge >= 0.3 is 0 Å². The van der Waals surface area contributed by atoms with E-state index in [9.17, 15) is 9.90 Å². The molecule has 9 heteroatoms. The highest BCUT2D eigenvalue weighted by atomic mass is 16.5. The summed E-state index contributed by atoms with van der Waals surface area (Å²) in [7, 11) is 1.63. The Bertz CT molecular complexity index is 620. The van der Waals surface area contributed by atoms with Gasteiger partial charge in [-0.1, -0.05) is 11.6 Å². The molecule has 1 amide bonds. The minimum Gasteiger partial charge on any atom is -0.394 e. The van der Waals surface area contributed by atoms with Gasteiger partial charge in [0, 0.05) is 26.6 Å². The fourth-order valence-electron chi connectivity index (χ4n) is 4.17. The quantitative estimate of drug-likeness (QED) is 0.587. The van der Waals surface area contributed by atoms with Gasteiger partial charge in [0.1, 0.15) is 11.8 Å². The Labute approximate surface area is 172 Å². The number of nitrogens with one attached hydrogen (secondary N) is 1. The molecule has 1 aromatic heterocycles. The minimum absolute atomic E-state index is 0.0451. The zero-order valence-electron chi connectivity index (χ0n) is 17.5. The third-order valence-electron chi connectivity index (χ3n) is 5.80. The Balaban J connectivity index is 1.38. The van der Waals surface area contributed by atoms with Gasteiger partial charge in [0.15, 0.2) is 0 Å². The lowest BCUT2D eigenvalue weighted by atomic mass is 9.97. The fraction of sp³-hybridized carbons (Fsp3) is 0.850. The van der Waals surface area contributed by atoms with Crippen LogP contribution in [0.3, 0.4) is 0 Å². The molecule has 0 spiro atoms. The van der Waals surface area contributed by atoms with Gasteiger partial charge in [-0.2, -0.15) is 0 Å².